The first-order valence-electron chi connectivity index (χ1n) is 7.33. The molecule has 3 N–H and O–H groups in total. The van der Waals surface area contributed by atoms with Crippen LogP contribution in [0.15, 0.2) is 40.8 Å². The number of carbonyl (C=O) groups excluding carboxylic acids is 2. The Balaban J connectivity index is 1.84. The quantitative estimate of drug-likeness (QED) is 0.699. The Morgan fingerprint density at radius 3 is 2.35 bits per heavy atom. The summed E-state index contributed by atoms with van der Waals surface area (Å²) in [4.78, 5) is 23.4. The van der Waals surface area contributed by atoms with Gasteiger partial charge < -0.3 is 24.9 Å². The third-order valence-electron chi connectivity index (χ3n) is 3.10. The number of hydrogen-bond donors (Lipinski definition) is 3. The largest absolute Gasteiger partial charge is 0.573 e. The highest BCUT2D eigenvalue weighted by molar-refractivity contribution is 6.39. The van der Waals surface area contributed by atoms with Crippen LogP contribution in [-0.4, -0.2) is 29.8 Å². The fourth-order valence-corrected chi connectivity index (χ4v) is 1.93. The molecule has 1 atom stereocenters. The van der Waals surface area contributed by atoms with Gasteiger partial charge in [0.05, 0.1) is 6.54 Å². The van der Waals surface area contributed by atoms with Crippen LogP contribution < -0.4 is 15.4 Å². The van der Waals surface area contributed by atoms with Crippen LogP contribution in [-0.2, 0) is 9.59 Å². The van der Waals surface area contributed by atoms with Crippen LogP contribution in [0, 0.1) is 6.92 Å². The number of amides is 2. The van der Waals surface area contributed by atoms with E-state index in [-0.39, 0.29) is 18.0 Å². The summed E-state index contributed by atoms with van der Waals surface area (Å²) in [6.45, 7) is 1.44. The number of nitrogens with one attached hydrogen (secondary N) is 2. The van der Waals surface area contributed by atoms with Gasteiger partial charge in [-0.1, -0.05) is 0 Å². The molecule has 0 fully saturated rings. The number of halogens is 3. The maximum absolute atomic E-state index is 12.1. The molecule has 0 aliphatic rings. The van der Waals surface area contributed by atoms with Crippen LogP contribution in [0.2, 0.25) is 0 Å². The number of ether oxygens (including phenoxy) is 1. The van der Waals surface area contributed by atoms with Crippen LogP contribution in [0.25, 0.3) is 0 Å². The lowest BCUT2D eigenvalue weighted by molar-refractivity contribution is -0.274. The van der Waals surface area contributed by atoms with E-state index in [1.807, 2.05) is 0 Å². The van der Waals surface area contributed by atoms with E-state index < -0.39 is 30.0 Å². The zero-order valence-electron chi connectivity index (χ0n) is 13.5. The number of rotatable bonds is 5. The Bertz CT molecular complexity index is 771. The van der Waals surface area contributed by atoms with Crippen LogP contribution in [0.1, 0.15) is 17.6 Å². The van der Waals surface area contributed by atoms with Crippen molar-refractivity contribution in [2.24, 2.45) is 0 Å². The summed E-state index contributed by atoms with van der Waals surface area (Å²) in [7, 11) is 0. The van der Waals surface area contributed by atoms with Crippen molar-refractivity contribution in [2.45, 2.75) is 19.4 Å². The monoisotopic (exact) mass is 372 g/mol. The van der Waals surface area contributed by atoms with Gasteiger partial charge in [-0.3, -0.25) is 9.59 Å². The molecule has 2 rings (SSSR count). The van der Waals surface area contributed by atoms with Gasteiger partial charge in [-0.25, -0.2) is 0 Å². The first-order chi connectivity index (χ1) is 12.1. The van der Waals surface area contributed by atoms with Gasteiger partial charge in [0.1, 0.15) is 23.4 Å². The third kappa shape index (κ3) is 5.81. The molecule has 0 spiro atoms. The van der Waals surface area contributed by atoms with Crippen molar-refractivity contribution < 1.29 is 37.0 Å². The van der Waals surface area contributed by atoms with E-state index in [0.717, 1.165) is 24.3 Å². The zero-order valence-corrected chi connectivity index (χ0v) is 13.5. The Morgan fingerprint density at radius 2 is 1.81 bits per heavy atom. The van der Waals surface area contributed by atoms with Crippen molar-refractivity contribution in [3.8, 4) is 5.75 Å². The summed E-state index contributed by atoms with van der Waals surface area (Å²) in [5.41, 5.74) is 0.0990. The zero-order chi connectivity index (χ0) is 19.3. The molecule has 0 aliphatic heterocycles. The Hall–Kier alpha value is -3.01. The molecular weight excluding hydrogens is 357 g/mol. The molecule has 1 aromatic heterocycles. The summed E-state index contributed by atoms with van der Waals surface area (Å²) < 4.78 is 45.1. The molecular formula is C16H15F3N2O5. The molecule has 2 amide bonds. The maximum atomic E-state index is 12.1. The second-order valence-corrected chi connectivity index (χ2v) is 5.20. The van der Waals surface area contributed by atoms with Crippen molar-refractivity contribution in [3.63, 3.8) is 0 Å². The molecule has 0 saturated heterocycles. The number of aliphatic hydroxyl groups is 1. The smallest absolute Gasteiger partial charge is 0.464 e. The lowest BCUT2D eigenvalue weighted by Crippen LogP contribution is -2.37. The highest BCUT2D eigenvalue weighted by atomic mass is 19.4. The average molecular weight is 372 g/mol. The van der Waals surface area contributed by atoms with Crippen molar-refractivity contribution >= 4 is 17.5 Å². The van der Waals surface area contributed by atoms with E-state index >= 15 is 0 Å². The molecule has 140 valence electrons. The lowest BCUT2D eigenvalue weighted by Gasteiger charge is -2.11. The predicted octanol–water partition coefficient (Wildman–Crippen LogP) is 2.27. The number of anilines is 1. The van der Waals surface area contributed by atoms with Crippen LogP contribution in [0.5, 0.6) is 5.75 Å². The fraction of sp³-hybridized carbons (Fsp3) is 0.250. The van der Waals surface area contributed by atoms with E-state index in [1.165, 1.54) is 6.07 Å². The van der Waals surface area contributed by atoms with Crippen LogP contribution in [0.3, 0.4) is 0 Å². The summed E-state index contributed by atoms with van der Waals surface area (Å²) in [5.74, 6) is -1.71. The third-order valence-corrected chi connectivity index (χ3v) is 3.10. The van der Waals surface area contributed by atoms with Crippen molar-refractivity contribution in [1.82, 2.24) is 5.32 Å². The van der Waals surface area contributed by atoms with Gasteiger partial charge in [0, 0.05) is 5.69 Å². The van der Waals surface area contributed by atoms with Gasteiger partial charge in [-0.2, -0.15) is 0 Å². The van der Waals surface area contributed by atoms with Gasteiger partial charge in [0.25, 0.3) is 0 Å². The van der Waals surface area contributed by atoms with Gasteiger partial charge >= 0.3 is 18.2 Å². The van der Waals surface area contributed by atoms with E-state index in [4.69, 9.17) is 4.42 Å². The molecule has 1 aromatic carbocycles. The molecule has 0 aliphatic carbocycles. The van der Waals surface area contributed by atoms with E-state index in [0.29, 0.717) is 5.76 Å². The number of aliphatic hydroxyl groups excluding tert-OH is 1. The minimum Gasteiger partial charge on any atom is -0.464 e. The second kappa shape index (κ2) is 7.91. The van der Waals surface area contributed by atoms with Gasteiger partial charge in [0.15, 0.2) is 0 Å². The van der Waals surface area contributed by atoms with E-state index in [9.17, 15) is 27.9 Å². The van der Waals surface area contributed by atoms with E-state index in [1.54, 1.807) is 13.0 Å². The van der Waals surface area contributed by atoms with E-state index in [2.05, 4.69) is 15.4 Å². The maximum Gasteiger partial charge on any atom is 0.573 e. The highest BCUT2D eigenvalue weighted by Crippen LogP contribution is 2.23. The van der Waals surface area contributed by atoms with Crippen LogP contribution in [0.4, 0.5) is 18.9 Å². The first kappa shape index (κ1) is 19.3. The van der Waals surface area contributed by atoms with Gasteiger partial charge in [-0.05, 0) is 43.3 Å². The standard InChI is InChI=1S/C16H15F3N2O5/c1-9-2-7-13(25-9)12(22)8-20-14(23)15(24)21-10-3-5-11(6-4-10)26-16(17,18)19/h2-7,12,22H,8H2,1H3,(H,20,23)(H,21,24). The highest BCUT2D eigenvalue weighted by Gasteiger charge is 2.31. The Morgan fingerprint density at radius 1 is 1.15 bits per heavy atom. The lowest BCUT2D eigenvalue weighted by atomic mass is 10.2. The molecule has 26 heavy (non-hydrogen) atoms. The van der Waals surface area contributed by atoms with Crippen molar-refractivity contribution in [1.29, 1.82) is 0 Å². The number of hydrogen-bond acceptors (Lipinski definition) is 5. The van der Waals surface area contributed by atoms with Crippen molar-refractivity contribution in [3.05, 3.63) is 47.9 Å². The number of alkyl halides is 3. The minimum atomic E-state index is -4.82. The molecule has 0 radical (unpaired) electrons. The Kier molecular flexibility index (Phi) is 5.88. The number of carbonyl (C=O) groups is 2. The Labute approximate surface area is 145 Å². The molecule has 0 bridgehead atoms. The number of benzene rings is 1. The minimum absolute atomic E-state index is 0.0990. The van der Waals surface area contributed by atoms with Gasteiger partial charge in [0.2, 0.25) is 0 Å². The average Bonchev–Trinajstić information content (AvgIpc) is 2.99. The normalized spacial score (nSPS) is 12.3. The SMILES string of the molecule is Cc1ccc(C(O)CNC(=O)C(=O)Nc2ccc(OC(F)(F)F)cc2)o1. The molecule has 2 aromatic rings. The molecule has 1 heterocycles. The molecule has 0 saturated carbocycles. The van der Waals surface area contributed by atoms with Crippen molar-refractivity contribution in [2.75, 3.05) is 11.9 Å². The van der Waals surface area contributed by atoms with Gasteiger partial charge in [-0.15, -0.1) is 13.2 Å². The van der Waals surface area contributed by atoms with Crippen LogP contribution >= 0.6 is 0 Å². The number of aryl methyl sites for hydroxylation is 1. The second-order valence-electron chi connectivity index (χ2n) is 5.20. The summed E-state index contributed by atoms with van der Waals surface area (Å²) in [6.07, 6.45) is -5.95. The number of furan rings is 1. The first-order valence-corrected chi connectivity index (χ1v) is 7.33. The molecule has 7 nitrogen and oxygen atoms in total. The predicted molar refractivity (Wildman–Crippen MR) is 83.2 cm³/mol. The fourth-order valence-electron chi connectivity index (χ4n) is 1.93. The summed E-state index contributed by atoms with van der Waals surface area (Å²) in [5, 5.41) is 14.3. The summed E-state index contributed by atoms with van der Waals surface area (Å²) in [6, 6.07) is 7.45. The summed E-state index contributed by atoms with van der Waals surface area (Å²) >= 11 is 0. The topological polar surface area (TPSA) is 101 Å². The molecule has 10 heteroatoms. The molecule has 1 unspecified atom stereocenters.